The standard InChI is InChI=1S/C14H17ClN4O2S/c1-4-5-12-17-18-14(22)19(12)16-8-9-6-10(15)13(21-3)11(7-9)20-2/h6-8H,4-5H2,1-3H3,(H,18,22)/b16-8-. The topological polar surface area (TPSA) is 64.4 Å². The van der Waals surface area contributed by atoms with Crippen LogP contribution in [-0.4, -0.2) is 35.3 Å². The lowest BCUT2D eigenvalue weighted by atomic mass is 10.2. The van der Waals surface area contributed by atoms with E-state index in [0.717, 1.165) is 24.2 Å². The van der Waals surface area contributed by atoms with Gasteiger partial charge in [0.05, 0.1) is 25.5 Å². The Morgan fingerprint density at radius 2 is 2.18 bits per heavy atom. The van der Waals surface area contributed by atoms with Crippen molar-refractivity contribution in [3.05, 3.63) is 33.3 Å². The Morgan fingerprint density at radius 1 is 1.41 bits per heavy atom. The van der Waals surface area contributed by atoms with E-state index in [1.165, 1.54) is 0 Å². The van der Waals surface area contributed by atoms with Crippen LogP contribution in [-0.2, 0) is 6.42 Å². The number of H-pyrrole nitrogens is 1. The fourth-order valence-electron chi connectivity index (χ4n) is 1.97. The summed E-state index contributed by atoms with van der Waals surface area (Å²) in [5.41, 5.74) is 0.771. The van der Waals surface area contributed by atoms with Gasteiger partial charge in [-0.15, -0.1) is 0 Å². The SMILES string of the molecule is CCCc1n[nH]c(=S)n1/N=C\c1cc(Cl)c(OC)c(OC)c1. The third-order valence-electron chi connectivity index (χ3n) is 2.97. The van der Waals surface area contributed by atoms with Crippen molar-refractivity contribution in [1.29, 1.82) is 0 Å². The van der Waals surface area contributed by atoms with E-state index in [1.807, 2.05) is 0 Å². The maximum atomic E-state index is 6.17. The largest absolute Gasteiger partial charge is 0.493 e. The van der Waals surface area contributed by atoms with Crippen molar-refractivity contribution < 1.29 is 9.47 Å². The minimum Gasteiger partial charge on any atom is -0.493 e. The molecule has 118 valence electrons. The van der Waals surface area contributed by atoms with Gasteiger partial charge < -0.3 is 9.47 Å². The first-order chi connectivity index (χ1) is 10.6. The number of ether oxygens (including phenoxy) is 2. The van der Waals surface area contributed by atoms with Gasteiger partial charge in [-0.1, -0.05) is 18.5 Å². The van der Waals surface area contributed by atoms with Gasteiger partial charge >= 0.3 is 0 Å². The van der Waals surface area contributed by atoms with Gasteiger partial charge in [-0.25, -0.2) is 0 Å². The summed E-state index contributed by atoms with van der Waals surface area (Å²) >= 11 is 11.4. The van der Waals surface area contributed by atoms with Crippen molar-refractivity contribution in [2.24, 2.45) is 5.10 Å². The maximum absolute atomic E-state index is 6.17. The molecular formula is C14H17ClN4O2S. The summed E-state index contributed by atoms with van der Waals surface area (Å²) in [7, 11) is 3.10. The van der Waals surface area contributed by atoms with Crippen LogP contribution in [0.3, 0.4) is 0 Å². The molecule has 1 heterocycles. The van der Waals surface area contributed by atoms with Crippen LogP contribution >= 0.6 is 23.8 Å². The molecule has 0 atom stereocenters. The van der Waals surface area contributed by atoms with Gasteiger partial charge in [0.2, 0.25) is 4.77 Å². The lowest BCUT2D eigenvalue weighted by molar-refractivity contribution is 0.355. The molecule has 1 N–H and O–H groups in total. The third-order valence-corrected chi connectivity index (χ3v) is 3.51. The van der Waals surface area contributed by atoms with Crippen LogP contribution in [0.5, 0.6) is 11.5 Å². The zero-order valence-electron chi connectivity index (χ0n) is 12.6. The maximum Gasteiger partial charge on any atom is 0.216 e. The van der Waals surface area contributed by atoms with Gasteiger partial charge in [-0.3, -0.25) is 5.10 Å². The second kappa shape index (κ2) is 7.42. The van der Waals surface area contributed by atoms with Gasteiger partial charge in [-0.2, -0.15) is 14.9 Å². The quantitative estimate of drug-likeness (QED) is 0.646. The molecule has 0 spiro atoms. The molecule has 6 nitrogen and oxygen atoms in total. The Balaban J connectivity index is 2.37. The molecule has 0 saturated heterocycles. The molecule has 0 aliphatic heterocycles. The number of methoxy groups -OCH3 is 2. The molecule has 0 radical (unpaired) electrons. The average molecular weight is 341 g/mol. The van der Waals surface area contributed by atoms with Gasteiger partial charge in [0.15, 0.2) is 17.3 Å². The van der Waals surface area contributed by atoms with Crippen molar-refractivity contribution in [3.63, 3.8) is 0 Å². The number of aromatic amines is 1. The van der Waals surface area contributed by atoms with Crippen LogP contribution in [0.4, 0.5) is 0 Å². The second-order valence-corrected chi connectivity index (χ2v) is 5.28. The van der Waals surface area contributed by atoms with E-state index in [4.69, 9.17) is 33.3 Å². The molecule has 22 heavy (non-hydrogen) atoms. The Labute approximate surface area is 138 Å². The van der Waals surface area contributed by atoms with E-state index in [0.29, 0.717) is 21.3 Å². The first kappa shape index (κ1) is 16.5. The molecule has 2 aromatic rings. The van der Waals surface area contributed by atoms with E-state index in [1.54, 1.807) is 37.2 Å². The molecular weight excluding hydrogens is 324 g/mol. The summed E-state index contributed by atoms with van der Waals surface area (Å²) < 4.78 is 12.5. The normalized spacial score (nSPS) is 11.1. The van der Waals surface area contributed by atoms with Crippen LogP contribution in [0.2, 0.25) is 5.02 Å². The number of benzene rings is 1. The second-order valence-electron chi connectivity index (χ2n) is 4.49. The molecule has 0 fully saturated rings. The van der Waals surface area contributed by atoms with Gasteiger partial charge in [0.1, 0.15) is 0 Å². The number of rotatable bonds is 6. The monoisotopic (exact) mass is 340 g/mol. The van der Waals surface area contributed by atoms with Crippen molar-refractivity contribution in [2.75, 3.05) is 14.2 Å². The highest BCUT2D eigenvalue weighted by Gasteiger charge is 2.10. The Morgan fingerprint density at radius 3 is 2.82 bits per heavy atom. The highest BCUT2D eigenvalue weighted by Crippen LogP contribution is 2.35. The highest BCUT2D eigenvalue weighted by molar-refractivity contribution is 7.71. The zero-order chi connectivity index (χ0) is 16.1. The number of aryl methyl sites for hydroxylation is 1. The van der Waals surface area contributed by atoms with Crippen LogP contribution < -0.4 is 9.47 Å². The van der Waals surface area contributed by atoms with E-state index in [2.05, 4.69) is 22.2 Å². The smallest absolute Gasteiger partial charge is 0.216 e. The van der Waals surface area contributed by atoms with E-state index >= 15 is 0 Å². The summed E-state index contributed by atoms with van der Waals surface area (Å²) in [6.45, 7) is 2.07. The van der Waals surface area contributed by atoms with Gasteiger partial charge in [0, 0.05) is 6.42 Å². The summed E-state index contributed by atoms with van der Waals surface area (Å²) in [6, 6.07) is 3.53. The lowest BCUT2D eigenvalue weighted by Crippen LogP contribution is -1.99. The molecule has 0 bridgehead atoms. The molecule has 0 aliphatic carbocycles. The minimum atomic E-state index is 0.450. The molecule has 2 rings (SSSR count). The Bertz CT molecular complexity index is 739. The average Bonchev–Trinajstić information content (AvgIpc) is 2.85. The summed E-state index contributed by atoms with van der Waals surface area (Å²) in [4.78, 5) is 0. The van der Waals surface area contributed by atoms with Crippen molar-refractivity contribution in [1.82, 2.24) is 14.9 Å². The van der Waals surface area contributed by atoms with E-state index < -0.39 is 0 Å². The first-order valence-electron chi connectivity index (χ1n) is 6.72. The number of hydrogen-bond donors (Lipinski definition) is 1. The number of nitrogens with one attached hydrogen (secondary N) is 1. The third kappa shape index (κ3) is 3.48. The predicted octanol–water partition coefficient (Wildman–Crippen LogP) is 3.45. The molecule has 1 aromatic carbocycles. The minimum absolute atomic E-state index is 0.450. The Hall–Kier alpha value is -1.86. The van der Waals surface area contributed by atoms with Crippen LogP contribution in [0.1, 0.15) is 24.7 Å². The molecule has 0 unspecified atom stereocenters. The first-order valence-corrected chi connectivity index (χ1v) is 7.51. The van der Waals surface area contributed by atoms with Crippen molar-refractivity contribution in [2.45, 2.75) is 19.8 Å². The number of halogens is 1. The van der Waals surface area contributed by atoms with E-state index in [-0.39, 0.29) is 0 Å². The Kier molecular flexibility index (Phi) is 5.57. The number of nitrogens with zero attached hydrogens (tertiary/aromatic N) is 3. The van der Waals surface area contributed by atoms with Crippen LogP contribution in [0, 0.1) is 4.77 Å². The molecule has 0 saturated carbocycles. The number of aromatic nitrogens is 3. The lowest BCUT2D eigenvalue weighted by Gasteiger charge is -2.09. The van der Waals surface area contributed by atoms with Crippen LogP contribution in [0.15, 0.2) is 17.2 Å². The number of hydrogen-bond acceptors (Lipinski definition) is 5. The van der Waals surface area contributed by atoms with Gasteiger partial charge in [-0.05, 0) is 36.3 Å². The summed E-state index contributed by atoms with van der Waals surface area (Å²) in [5, 5.41) is 11.7. The highest BCUT2D eigenvalue weighted by atomic mass is 35.5. The molecule has 8 heteroatoms. The molecule has 1 aromatic heterocycles. The molecule has 0 amide bonds. The summed E-state index contributed by atoms with van der Waals surface area (Å²) in [6.07, 6.45) is 3.40. The predicted molar refractivity (Wildman–Crippen MR) is 89.0 cm³/mol. The fraction of sp³-hybridized carbons (Fsp3) is 0.357. The fourth-order valence-corrected chi connectivity index (χ4v) is 2.46. The van der Waals surface area contributed by atoms with E-state index in [9.17, 15) is 0 Å². The van der Waals surface area contributed by atoms with Crippen molar-refractivity contribution in [3.8, 4) is 11.5 Å². The summed E-state index contributed by atoms with van der Waals surface area (Å²) in [5.74, 6) is 1.82. The van der Waals surface area contributed by atoms with Crippen LogP contribution in [0.25, 0.3) is 0 Å². The van der Waals surface area contributed by atoms with Gasteiger partial charge in [0.25, 0.3) is 0 Å². The zero-order valence-corrected chi connectivity index (χ0v) is 14.2. The molecule has 0 aliphatic rings. The van der Waals surface area contributed by atoms with Crippen molar-refractivity contribution >= 4 is 30.0 Å².